The van der Waals surface area contributed by atoms with Gasteiger partial charge in [0, 0.05) is 29.2 Å². The SMILES string of the molecule is Cc1cccc(Cn2cc(/C=C(\C#N)C(=O)O)c3ccccc32)c1. The fraction of sp³-hybridized carbons (Fsp3) is 0.100. The van der Waals surface area contributed by atoms with Gasteiger partial charge in [-0.1, -0.05) is 48.0 Å². The van der Waals surface area contributed by atoms with Gasteiger partial charge in [0.2, 0.25) is 0 Å². The number of para-hydroxylation sites is 1. The van der Waals surface area contributed by atoms with Crippen LogP contribution in [0, 0.1) is 18.3 Å². The lowest BCUT2D eigenvalue weighted by atomic mass is 10.1. The van der Waals surface area contributed by atoms with Crippen LogP contribution in [-0.2, 0) is 11.3 Å². The summed E-state index contributed by atoms with van der Waals surface area (Å²) in [5.41, 5.74) is 3.84. The summed E-state index contributed by atoms with van der Waals surface area (Å²) in [6.45, 7) is 2.74. The normalized spacial score (nSPS) is 11.4. The summed E-state index contributed by atoms with van der Waals surface area (Å²) in [6, 6.07) is 17.8. The van der Waals surface area contributed by atoms with Crippen LogP contribution in [0.5, 0.6) is 0 Å². The molecule has 2 aromatic carbocycles. The predicted molar refractivity (Wildman–Crippen MR) is 93.4 cm³/mol. The highest BCUT2D eigenvalue weighted by atomic mass is 16.4. The first-order valence-corrected chi connectivity index (χ1v) is 7.57. The van der Waals surface area contributed by atoms with E-state index in [9.17, 15) is 4.79 Å². The van der Waals surface area contributed by atoms with Gasteiger partial charge in [0.25, 0.3) is 0 Å². The molecule has 0 fully saturated rings. The van der Waals surface area contributed by atoms with Gasteiger partial charge in [-0.3, -0.25) is 0 Å². The zero-order valence-electron chi connectivity index (χ0n) is 13.2. The van der Waals surface area contributed by atoms with E-state index in [-0.39, 0.29) is 5.57 Å². The molecule has 0 saturated heterocycles. The molecule has 0 saturated carbocycles. The van der Waals surface area contributed by atoms with Crippen LogP contribution in [0.25, 0.3) is 17.0 Å². The Morgan fingerprint density at radius 1 is 1.25 bits per heavy atom. The second kappa shape index (κ2) is 6.43. The summed E-state index contributed by atoms with van der Waals surface area (Å²) < 4.78 is 2.08. The molecule has 0 aliphatic rings. The number of hydrogen-bond acceptors (Lipinski definition) is 2. The zero-order valence-corrected chi connectivity index (χ0v) is 13.2. The smallest absolute Gasteiger partial charge is 0.346 e. The topological polar surface area (TPSA) is 66.0 Å². The van der Waals surface area contributed by atoms with Crippen LogP contribution in [-0.4, -0.2) is 15.6 Å². The highest BCUT2D eigenvalue weighted by Crippen LogP contribution is 2.24. The summed E-state index contributed by atoms with van der Waals surface area (Å²) in [5, 5.41) is 19.0. The van der Waals surface area contributed by atoms with Crippen molar-refractivity contribution in [3.05, 3.63) is 77.0 Å². The van der Waals surface area contributed by atoms with Crippen LogP contribution >= 0.6 is 0 Å². The van der Waals surface area contributed by atoms with Crippen LogP contribution in [0.3, 0.4) is 0 Å². The molecule has 0 spiro atoms. The van der Waals surface area contributed by atoms with Crippen molar-refractivity contribution >= 4 is 22.9 Å². The Morgan fingerprint density at radius 3 is 2.75 bits per heavy atom. The number of nitriles is 1. The van der Waals surface area contributed by atoms with Crippen LogP contribution < -0.4 is 0 Å². The van der Waals surface area contributed by atoms with Crippen LogP contribution in [0.2, 0.25) is 0 Å². The Balaban J connectivity index is 2.10. The molecule has 0 amide bonds. The molecule has 1 N–H and O–H groups in total. The van der Waals surface area contributed by atoms with Gasteiger partial charge in [0.15, 0.2) is 0 Å². The number of carboxylic acid groups (broad SMARTS) is 1. The minimum Gasteiger partial charge on any atom is -0.477 e. The van der Waals surface area contributed by atoms with Crippen molar-refractivity contribution in [2.75, 3.05) is 0 Å². The lowest BCUT2D eigenvalue weighted by Crippen LogP contribution is -1.98. The molecule has 118 valence electrons. The Bertz CT molecular complexity index is 990. The van der Waals surface area contributed by atoms with Gasteiger partial charge < -0.3 is 9.67 Å². The lowest BCUT2D eigenvalue weighted by Gasteiger charge is -2.06. The summed E-state index contributed by atoms with van der Waals surface area (Å²) in [4.78, 5) is 11.1. The van der Waals surface area contributed by atoms with Crippen LogP contribution in [0.1, 0.15) is 16.7 Å². The molecule has 1 heterocycles. The van der Waals surface area contributed by atoms with E-state index < -0.39 is 5.97 Å². The number of fused-ring (bicyclic) bond motifs is 1. The number of nitrogens with zero attached hydrogens (tertiary/aromatic N) is 2. The summed E-state index contributed by atoms with van der Waals surface area (Å²) in [6.07, 6.45) is 3.32. The van der Waals surface area contributed by atoms with Gasteiger partial charge in [-0.05, 0) is 24.6 Å². The number of aromatic nitrogens is 1. The maximum absolute atomic E-state index is 11.1. The molecule has 3 aromatic rings. The summed E-state index contributed by atoms with van der Waals surface area (Å²) in [7, 11) is 0. The van der Waals surface area contributed by atoms with Gasteiger partial charge in [-0.2, -0.15) is 5.26 Å². The van der Waals surface area contributed by atoms with Crippen molar-refractivity contribution < 1.29 is 9.90 Å². The molecule has 3 rings (SSSR count). The van der Waals surface area contributed by atoms with Crippen molar-refractivity contribution in [1.29, 1.82) is 5.26 Å². The second-order valence-corrected chi connectivity index (χ2v) is 5.69. The van der Waals surface area contributed by atoms with E-state index in [1.54, 1.807) is 6.07 Å². The van der Waals surface area contributed by atoms with Gasteiger partial charge in [-0.25, -0.2) is 4.79 Å². The third kappa shape index (κ3) is 3.06. The minimum atomic E-state index is -1.21. The maximum atomic E-state index is 11.1. The van der Waals surface area contributed by atoms with E-state index in [1.165, 1.54) is 17.2 Å². The van der Waals surface area contributed by atoms with E-state index in [0.29, 0.717) is 6.54 Å². The Hall–Kier alpha value is -3.32. The first kappa shape index (κ1) is 15.6. The maximum Gasteiger partial charge on any atom is 0.346 e. The molecule has 4 heteroatoms. The van der Waals surface area contributed by atoms with Gasteiger partial charge >= 0.3 is 5.97 Å². The Kier molecular flexibility index (Phi) is 4.17. The quantitative estimate of drug-likeness (QED) is 0.584. The average molecular weight is 316 g/mol. The van der Waals surface area contributed by atoms with Crippen LogP contribution in [0.4, 0.5) is 0 Å². The van der Waals surface area contributed by atoms with E-state index in [1.807, 2.05) is 36.5 Å². The predicted octanol–water partition coefficient (Wildman–Crippen LogP) is 3.99. The van der Waals surface area contributed by atoms with Crippen molar-refractivity contribution in [3.63, 3.8) is 0 Å². The first-order valence-electron chi connectivity index (χ1n) is 7.57. The van der Waals surface area contributed by atoms with Crippen molar-refractivity contribution in [3.8, 4) is 6.07 Å². The molecule has 4 nitrogen and oxygen atoms in total. The van der Waals surface area contributed by atoms with Gasteiger partial charge in [0.05, 0.1) is 0 Å². The van der Waals surface area contributed by atoms with Crippen molar-refractivity contribution in [2.45, 2.75) is 13.5 Å². The standard InChI is InChI=1S/C20H16N2O2/c1-14-5-4-6-15(9-14)12-22-13-17(10-16(11-21)20(23)24)18-7-2-3-8-19(18)22/h2-10,13H,12H2,1H3,(H,23,24)/b16-10+. The van der Waals surface area contributed by atoms with E-state index in [0.717, 1.165) is 16.5 Å². The third-order valence-electron chi connectivity index (χ3n) is 3.91. The number of rotatable bonds is 4. The molecule has 0 radical (unpaired) electrons. The zero-order chi connectivity index (χ0) is 17.1. The Labute approximate surface area is 139 Å². The number of carbonyl (C=O) groups is 1. The van der Waals surface area contributed by atoms with E-state index >= 15 is 0 Å². The highest BCUT2D eigenvalue weighted by molar-refractivity contribution is 6.00. The molecule has 1 aromatic heterocycles. The number of hydrogen-bond donors (Lipinski definition) is 1. The number of carboxylic acids is 1. The highest BCUT2D eigenvalue weighted by Gasteiger charge is 2.11. The van der Waals surface area contributed by atoms with Crippen molar-refractivity contribution in [1.82, 2.24) is 4.57 Å². The second-order valence-electron chi connectivity index (χ2n) is 5.69. The molecule has 0 aliphatic carbocycles. The molecule has 24 heavy (non-hydrogen) atoms. The molecular formula is C20H16N2O2. The monoisotopic (exact) mass is 316 g/mol. The first-order chi connectivity index (χ1) is 11.6. The largest absolute Gasteiger partial charge is 0.477 e. The molecule has 0 aliphatic heterocycles. The number of aryl methyl sites for hydroxylation is 1. The summed E-state index contributed by atoms with van der Waals surface area (Å²) in [5.74, 6) is -1.21. The lowest BCUT2D eigenvalue weighted by molar-refractivity contribution is -0.132. The average Bonchev–Trinajstić information content (AvgIpc) is 2.90. The number of aliphatic carboxylic acids is 1. The van der Waals surface area contributed by atoms with Gasteiger partial charge in [-0.15, -0.1) is 0 Å². The fourth-order valence-electron chi connectivity index (χ4n) is 2.83. The van der Waals surface area contributed by atoms with E-state index in [2.05, 4.69) is 29.7 Å². The minimum absolute atomic E-state index is 0.270. The third-order valence-corrected chi connectivity index (χ3v) is 3.91. The fourth-order valence-corrected chi connectivity index (χ4v) is 2.83. The van der Waals surface area contributed by atoms with Crippen molar-refractivity contribution in [2.24, 2.45) is 0 Å². The van der Waals surface area contributed by atoms with Gasteiger partial charge in [0.1, 0.15) is 11.6 Å². The Morgan fingerprint density at radius 2 is 2.04 bits per heavy atom. The molecular weight excluding hydrogens is 300 g/mol. The number of benzene rings is 2. The van der Waals surface area contributed by atoms with Crippen LogP contribution in [0.15, 0.2) is 60.3 Å². The molecule has 0 bridgehead atoms. The van der Waals surface area contributed by atoms with E-state index in [4.69, 9.17) is 10.4 Å². The molecule has 0 atom stereocenters. The summed E-state index contributed by atoms with van der Waals surface area (Å²) >= 11 is 0. The molecule has 0 unspecified atom stereocenters.